The van der Waals surface area contributed by atoms with Gasteiger partial charge in [0.15, 0.2) is 0 Å². The number of hydrogen-bond acceptors (Lipinski definition) is 5. The minimum Gasteiger partial charge on any atom is -0.383 e. The molecule has 6 nitrogen and oxygen atoms in total. The van der Waals surface area contributed by atoms with Crippen molar-refractivity contribution < 1.29 is 14.3 Å². The maximum Gasteiger partial charge on any atom is 0.236 e. The molecular formula is C13H27N3O3. The second-order valence-corrected chi connectivity index (χ2v) is 4.74. The zero-order valence-corrected chi connectivity index (χ0v) is 12.2. The van der Waals surface area contributed by atoms with Crippen molar-refractivity contribution in [3.63, 3.8) is 0 Å². The molecule has 0 spiro atoms. The van der Waals surface area contributed by atoms with Crippen LogP contribution in [0.1, 0.15) is 6.42 Å². The first-order valence-corrected chi connectivity index (χ1v) is 6.96. The van der Waals surface area contributed by atoms with Crippen LogP contribution in [-0.4, -0.2) is 89.0 Å². The van der Waals surface area contributed by atoms with E-state index >= 15 is 0 Å². The van der Waals surface area contributed by atoms with Crippen molar-refractivity contribution in [3.8, 4) is 0 Å². The number of rotatable bonds is 8. The van der Waals surface area contributed by atoms with Gasteiger partial charge in [-0.05, 0) is 13.0 Å². The molecule has 112 valence electrons. The van der Waals surface area contributed by atoms with Crippen molar-refractivity contribution in [2.45, 2.75) is 6.42 Å². The third-order valence-corrected chi connectivity index (χ3v) is 3.31. The van der Waals surface area contributed by atoms with E-state index in [9.17, 15) is 4.79 Å². The summed E-state index contributed by atoms with van der Waals surface area (Å²) in [5, 5.41) is 3.10. The maximum absolute atomic E-state index is 12.0. The first-order chi connectivity index (χ1) is 9.27. The normalized spacial score (nSPS) is 17.5. The Morgan fingerprint density at radius 2 is 1.89 bits per heavy atom. The predicted octanol–water partition coefficient (Wildman–Crippen LogP) is -0.597. The van der Waals surface area contributed by atoms with E-state index in [1.165, 1.54) is 0 Å². The molecule has 1 rings (SSSR count). The third-order valence-electron chi connectivity index (χ3n) is 3.31. The van der Waals surface area contributed by atoms with E-state index in [4.69, 9.17) is 9.47 Å². The Morgan fingerprint density at radius 3 is 2.63 bits per heavy atom. The predicted molar refractivity (Wildman–Crippen MR) is 74.3 cm³/mol. The van der Waals surface area contributed by atoms with E-state index in [2.05, 4.69) is 10.2 Å². The number of carbonyl (C=O) groups is 1. The van der Waals surface area contributed by atoms with Gasteiger partial charge >= 0.3 is 0 Å². The van der Waals surface area contributed by atoms with Gasteiger partial charge in [0, 0.05) is 46.9 Å². The summed E-state index contributed by atoms with van der Waals surface area (Å²) >= 11 is 0. The standard InChI is InChI=1S/C13H27N3O3/c1-18-10-4-14-12-13(17)16-6-3-5-15(7-8-16)9-11-19-2/h14H,3-12H2,1-2H3. The summed E-state index contributed by atoms with van der Waals surface area (Å²) in [5.74, 6) is 0.185. The molecule has 0 aromatic carbocycles. The Kier molecular flexibility index (Phi) is 8.73. The van der Waals surface area contributed by atoms with Crippen molar-refractivity contribution in [2.75, 3.05) is 73.2 Å². The van der Waals surface area contributed by atoms with E-state index in [1.807, 2.05) is 4.90 Å². The summed E-state index contributed by atoms with van der Waals surface area (Å²) in [6.07, 6.45) is 1.04. The molecule has 0 aromatic rings. The Bertz CT molecular complexity index is 251. The van der Waals surface area contributed by atoms with Crippen LogP contribution in [0.4, 0.5) is 0 Å². The fraction of sp³-hybridized carbons (Fsp3) is 0.923. The Labute approximate surface area is 116 Å². The number of amides is 1. The molecule has 0 atom stereocenters. The van der Waals surface area contributed by atoms with Crippen LogP contribution >= 0.6 is 0 Å². The monoisotopic (exact) mass is 273 g/mol. The van der Waals surface area contributed by atoms with Gasteiger partial charge in [0.1, 0.15) is 0 Å². The fourth-order valence-electron chi connectivity index (χ4n) is 2.15. The number of hydrogen-bond donors (Lipinski definition) is 1. The van der Waals surface area contributed by atoms with Crippen LogP contribution in [0.5, 0.6) is 0 Å². The van der Waals surface area contributed by atoms with E-state index in [1.54, 1.807) is 14.2 Å². The van der Waals surface area contributed by atoms with Crippen molar-refractivity contribution in [3.05, 3.63) is 0 Å². The number of nitrogens with zero attached hydrogens (tertiary/aromatic N) is 2. The molecule has 1 fully saturated rings. The molecule has 0 aromatic heterocycles. The van der Waals surface area contributed by atoms with Crippen molar-refractivity contribution in [1.82, 2.24) is 15.1 Å². The van der Waals surface area contributed by atoms with E-state index in [0.29, 0.717) is 13.2 Å². The van der Waals surface area contributed by atoms with Crippen molar-refractivity contribution >= 4 is 5.91 Å². The van der Waals surface area contributed by atoms with Gasteiger partial charge in [-0.15, -0.1) is 0 Å². The van der Waals surface area contributed by atoms with Crippen LogP contribution in [-0.2, 0) is 14.3 Å². The largest absolute Gasteiger partial charge is 0.383 e. The number of methoxy groups -OCH3 is 2. The van der Waals surface area contributed by atoms with Gasteiger partial charge in [0.05, 0.1) is 19.8 Å². The van der Waals surface area contributed by atoms with Crippen LogP contribution in [0, 0.1) is 0 Å². The highest BCUT2D eigenvalue weighted by Crippen LogP contribution is 2.03. The maximum atomic E-state index is 12.0. The number of carbonyl (C=O) groups excluding carboxylic acids is 1. The number of ether oxygens (including phenoxy) is 2. The summed E-state index contributed by atoms with van der Waals surface area (Å²) in [4.78, 5) is 16.3. The molecule has 1 amide bonds. The molecule has 1 heterocycles. The van der Waals surface area contributed by atoms with Gasteiger partial charge in [0.2, 0.25) is 5.91 Å². The van der Waals surface area contributed by atoms with Gasteiger partial charge < -0.3 is 19.7 Å². The average Bonchev–Trinajstić information content (AvgIpc) is 2.66. The van der Waals surface area contributed by atoms with Gasteiger partial charge in [-0.1, -0.05) is 0 Å². The second-order valence-electron chi connectivity index (χ2n) is 4.74. The summed E-state index contributed by atoms with van der Waals surface area (Å²) < 4.78 is 10.0. The summed E-state index contributed by atoms with van der Waals surface area (Å²) in [5.41, 5.74) is 0. The van der Waals surface area contributed by atoms with Gasteiger partial charge in [-0.2, -0.15) is 0 Å². The second kappa shape index (κ2) is 10.1. The quantitative estimate of drug-likeness (QED) is 0.599. The molecule has 0 aliphatic carbocycles. The molecule has 1 aliphatic heterocycles. The topological polar surface area (TPSA) is 54.0 Å². The lowest BCUT2D eigenvalue weighted by Crippen LogP contribution is -2.41. The Morgan fingerprint density at radius 1 is 1.11 bits per heavy atom. The zero-order valence-electron chi connectivity index (χ0n) is 12.2. The molecule has 19 heavy (non-hydrogen) atoms. The van der Waals surface area contributed by atoms with Crippen molar-refractivity contribution in [1.29, 1.82) is 0 Å². The summed E-state index contributed by atoms with van der Waals surface area (Å²) in [6.45, 7) is 7.12. The van der Waals surface area contributed by atoms with E-state index < -0.39 is 0 Å². The van der Waals surface area contributed by atoms with Gasteiger partial charge in [0.25, 0.3) is 0 Å². The third kappa shape index (κ3) is 6.87. The minimum atomic E-state index is 0.185. The molecular weight excluding hydrogens is 246 g/mol. The molecule has 1 saturated heterocycles. The van der Waals surface area contributed by atoms with Crippen LogP contribution in [0.3, 0.4) is 0 Å². The lowest BCUT2D eigenvalue weighted by molar-refractivity contribution is -0.130. The fourth-order valence-corrected chi connectivity index (χ4v) is 2.15. The number of nitrogens with one attached hydrogen (secondary N) is 1. The van der Waals surface area contributed by atoms with Crippen LogP contribution < -0.4 is 5.32 Å². The lowest BCUT2D eigenvalue weighted by Gasteiger charge is -2.22. The highest BCUT2D eigenvalue weighted by atomic mass is 16.5. The highest BCUT2D eigenvalue weighted by Gasteiger charge is 2.18. The average molecular weight is 273 g/mol. The molecule has 1 N–H and O–H groups in total. The zero-order chi connectivity index (χ0) is 13.9. The van der Waals surface area contributed by atoms with Crippen LogP contribution in [0.15, 0.2) is 0 Å². The summed E-state index contributed by atoms with van der Waals surface area (Å²) in [6, 6.07) is 0. The first-order valence-electron chi connectivity index (χ1n) is 6.96. The molecule has 0 saturated carbocycles. The molecule has 0 radical (unpaired) electrons. The molecule has 6 heteroatoms. The van der Waals surface area contributed by atoms with E-state index in [-0.39, 0.29) is 5.91 Å². The van der Waals surface area contributed by atoms with E-state index in [0.717, 1.165) is 52.3 Å². The minimum absolute atomic E-state index is 0.185. The molecule has 0 unspecified atom stereocenters. The Balaban J connectivity index is 2.21. The lowest BCUT2D eigenvalue weighted by atomic mass is 10.3. The smallest absolute Gasteiger partial charge is 0.236 e. The molecule has 0 bridgehead atoms. The Hall–Kier alpha value is -0.690. The van der Waals surface area contributed by atoms with Crippen molar-refractivity contribution in [2.24, 2.45) is 0 Å². The SMILES string of the molecule is COCCNCC(=O)N1CCCN(CCOC)CC1. The van der Waals surface area contributed by atoms with Crippen LogP contribution in [0.25, 0.3) is 0 Å². The van der Waals surface area contributed by atoms with Crippen LogP contribution in [0.2, 0.25) is 0 Å². The first kappa shape index (κ1) is 16.4. The highest BCUT2D eigenvalue weighted by molar-refractivity contribution is 5.78. The van der Waals surface area contributed by atoms with Gasteiger partial charge in [-0.3, -0.25) is 9.69 Å². The summed E-state index contributed by atoms with van der Waals surface area (Å²) in [7, 11) is 3.38. The van der Waals surface area contributed by atoms with Gasteiger partial charge in [-0.25, -0.2) is 0 Å². The molecule has 1 aliphatic rings.